The average molecular weight is 576 g/mol. The molecule has 11 nitrogen and oxygen atoms in total. The predicted octanol–water partition coefficient (Wildman–Crippen LogP) is 2.96. The van der Waals surface area contributed by atoms with Gasteiger partial charge in [0, 0.05) is 24.2 Å². The highest BCUT2D eigenvalue weighted by Gasteiger charge is 2.25. The van der Waals surface area contributed by atoms with Crippen LogP contribution in [-0.4, -0.2) is 58.7 Å². The molecule has 3 aromatic rings. The fourth-order valence-electron chi connectivity index (χ4n) is 3.43. The Labute approximate surface area is 232 Å². The summed E-state index contributed by atoms with van der Waals surface area (Å²) in [6.45, 7) is -0.398. The number of halogens is 2. The maximum Gasteiger partial charge on any atom is 0.328 e. The molecule has 0 spiro atoms. The van der Waals surface area contributed by atoms with Crippen LogP contribution in [0.5, 0.6) is 17.2 Å². The minimum atomic E-state index is -1.56. The van der Waals surface area contributed by atoms with E-state index in [-0.39, 0.29) is 50.5 Å². The minimum Gasteiger partial charge on any atom is -0.508 e. The number of nitrogens with one attached hydrogen (secondary N) is 3. The van der Waals surface area contributed by atoms with Gasteiger partial charge in [-0.05, 0) is 48.0 Å². The number of aromatic hydroxyl groups is 2. The number of carbonyl (C=O) groups is 4. The van der Waals surface area contributed by atoms with Gasteiger partial charge >= 0.3 is 5.97 Å². The molecule has 0 radical (unpaired) electrons. The van der Waals surface area contributed by atoms with E-state index < -0.39 is 36.3 Å². The van der Waals surface area contributed by atoms with Crippen LogP contribution in [0.3, 0.4) is 0 Å². The highest BCUT2D eigenvalue weighted by atomic mass is 35.5. The zero-order valence-corrected chi connectivity index (χ0v) is 21.8. The number of rotatable bonds is 10. The lowest BCUT2D eigenvalue weighted by atomic mass is 10.1. The fraction of sp³-hybridized carbons (Fsp3) is 0.154. The van der Waals surface area contributed by atoms with Gasteiger partial charge in [0.05, 0.1) is 22.7 Å². The fourth-order valence-corrected chi connectivity index (χ4v) is 4.09. The number of phenolic OH excluding ortho intramolecular Hbond substituents is 2. The summed E-state index contributed by atoms with van der Waals surface area (Å²) < 4.78 is 4.91. The van der Waals surface area contributed by atoms with Crippen molar-refractivity contribution in [3.63, 3.8) is 0 Å². The monoisotopic (exact) mass is 575 g/mol. The Morgan fingerprint density at radius 3 is 2.13 bits per heavy atom. The van der Waals surface area contributed by atoms with Crippen LogP contribution < -0.4 is 20.7 Å². The van der Waals surface area contributed by atoms with E-state index in [1.165, 1.54) is 43.5 Å². The number of carboxylic acids is 1. The van der Waals surface area contributed by atoms with Crippen molar-refractivity contribution < 1.29 is 39.2 Å². The average Bonchev–Trinajstić information content (AvgIpc) is 2.88. The molecule has 0 saturated heterocycles. The maximum absolute atomic E-state index is 12.8. The number of amides is 3. The largest absolute Gasteiger partial charge is 0.508 e. The number of phenols is 2. The van der Waals surface area contributed by atoms with Crippen LogP contribution in [0, 0.1) is 0 Å². The van der Waals surface area contributed by atoms with E-state index in [0.717, 1.165) is 6.07 Å². The second-order valence-electron chi connectivity index (χ2n) is 8.13. The molecule has 204 valence electrons. The maximum atomic E-state index is 12.8. The van der Waals surface area contributed by atoms with Crippen molar-refractivity contribution in [2.24, 2.45) is 0 Å². The molecule has 0 bridgehead atoms. The molecule has 0 fully saturated rings. The van der Waals surface area contributed by atoms with Crippen LogP contribution in [0.2, 0.25) is 10.0 Å². The summed E-state index contributed by atoms with van der Waals surface area (Å²) in [5.74, 6) is -3.74. The van der Waals surface area contributed by atoms with Gasteiger partial charge in [-0.3, -0.25) is 14.4 Å². The molecule has 1 atom stereocenters. The number of aliphatic carboxylic acids is 1. The van der Waals surface area contributed by atoms with Crippen molar-refractivity contribution in [3.8, 4) is 17.2 Å². The highest BCUT2D eigenvalue weighted by Crippen LogP contribution is 2.28. The Kier molecular flexibility index (Phi) is 9.58. The first-order valence-corrected chi connectivity index (χ1v) is 12.0. The van der Waals surface area contributed by atoms with Gasteiger partial charge in [0.2, 0.25) is 0 Å². The van der Waals surface area contributed by atoms with E-state index in [1.54, 1.807) is 12.1 Å². The van der Waals surface area contributed by atoms with E-state index in [0.29, 0.717) is 5.56 Å². The van der Waals surface area contributed by atoms with Gasteiger partial charge in [-0.2, -0.15) is 0 Å². The molecule has 3 aromatic carbocycles. The zero-order chi connectivity index (χ0) is 28.7. The lowest BCUT2D eigenvalue weighted by Crippen LogP contribution is -2.48. The lowest BCUT2D eigenvalue weighted by molar-refractivity contribution is -0.139. The van der Waals surface area contributed by atoms with Crippen molar-refractivity contribution in [2.45, 2.75) is 12.6 Å². The Bertz CT molecular complexity index is 1410. The zero-order valence-electron chi connectivity index (χ0n) is 20.3. The Hall–Kier alpha value is -4.48. The third kappa shape index (κ3) is 7.53. The molecule has 3 rings (SSSR count). The normalized spacial score (nSPS) is 11.3. The topological polar surface area (TPSA) is 174 Å². The summed E-state index contributed by atoms with van der Waals surface area (Å²) in [6, 6.07) is 11.0. The molecule has 0 aliphatic carbocycles. The van der Waals surface area contributed by atoms with E-state index in [1.807, 2.05) is 0 Å². The molecule has 0 unspecified atom stereocenters. The SMILES string of the molecule is COc1ccc(C(=O)NC[C@H](NC(=O)c2c(Cl)cc(C(=O)NCc3cccc(O)c3)cc2Cl)C(=O)O)cc1O. The number of carbonyl (C=O) groups excluding carboxylic acids is 3. The van der Waals surface area contributed by atoms with Crippen molar-refractivity contribution in [3.05, 3.63) is 86.9 Å². The molecule has 0 aromatic heterocycles. The van der Waals surface area contributed by atoms with Crippen LogP contribution in [0.25, 0.3) is 0 Å². The minimum absolute atomic E-state index is 0.0350. The van der Waals surface area contributed by atoms with Gasteiger partial charge in [0.15, 0.2) is 11.5 Å². The van der Waals surface area contributed by atoms with E-state index in [4.69, 9.17) is 27.9 Å². The van der Waals surface area contributed by atoms with E-state index >= 15 is 0 Å². The number of hydrogen-bond acceptors (Lipinski definition) is 7. The first-order chi connectivity index (χ1) is 18.5. The number of ether oxygens (including phenoxy) is 1. The second kappa shape index (κ2) is 12.9. The highest BCUT2D eigenvalue weighted by molar-refractivity contribution is 6.40. The van der Waals surface area contributed by atoms with Crippen LogP contribution in [0.1, 0.15) is 36.6 Å². The van der Waals surface area contributed by atoms with Gasteiger partial charge in [0.25, 0.3) is 17.7 Å². The molecule has 6 N–H and O–H groups in total. The number of carboxylic acid groups (broad SMARTS) is 1. The lowest BCUT2D eigenvalue weighted by Gasteiger charge is -2.17. The molecule has 0 heterocycles. The summed E-state index contributed by atoms with van der Waals surface area (Å²) in [5, 5.41) is 35.7. The van der Waals surface area contributed by atoms with Crippen molar-refractivity contribution >= 4 is 46.9 Å². The Balaban J connectivity index is 1.66. The number of hydrogen-bond donors (Lipinski definition) is 6. The predicted molar refractivity (Wildman–Crippen MR) is 142 cm³/mol. The van der Waals surface area contributed by atoms with Gasteiger partial charge < -0.3 is 36.0 Å². The molecule has 0 aliphatic rings. The Morgan fingerprint density at radius 2 is 1.54 bits per heavy atom. The first-order valence-electron chi connectivity index (χ1n) is 11.2. The van der Waals surface area contributed by atoms with Crippen LogP contribution in [0.4, 0.5) is 0 Å². The first kappa shape index (κ1) is 29.1. The third-order valence-corrected chi connectivity index (χ3v) is 6.00. The second-order valence-corrected chi connectivity index (χ2v) is 8.94. The van der Waals surface area contributed by atoms with Crippen molar-refractivity contribution in [2.75, 3.05) is 13.7 Å². The summed E-state index contributed by atoms with van der Waals surface area (Å²) in [6.07, 6.45) is 0. The van der Waals surface area contributed by atoms with E-state index in [9.17, 15) is 34.5 Å². The van der Waals surface area contributed by atoms with Crippen molar-refractivity contribution in [1.82, 2.24) is 16.0 Å². The summed E-state index contributed by atoms with van der Waals surface area (Å²) in [5.41, 5.74) is 0.465. The number of benzene rings is 3. The van der Waals surface area contributed by atoms with Crippen molar-refractivity contribution in [1.29, 1.82) is 0 Å². The van der Waals surface area contributed by atoms with Gasteiger partial charge in [0.1, 0.15) is 11.8 Å². The molecule has 13 heteroatoms. The molecule has 3 amide bonds. The van der Waals surface area contributed by atoms with Crippen LogP contribution >= 0.6 is 23.2 Å². The standard InChI is InChI=1S/C26H23Cl2N3O8/c1-39-21-6-5-14(10-20(21)33)23(34)30-12-19(26(37)38)31-25(36)22-17(27)8-15(9-18(22)28)24(35)29-11-13-3-2-4-16(32)7-13/h2-10,19,32-33H,11-12H2,1H3,(H,29,35)(H,30,34)(H,31,36)(H,37,38)/t19-/m0/s1. The summed E-state index contributed by atoms with van der Waals surface area (Å²) >= 11 is 12.4. The van der Waals surface area contributed by atoms with E-state index in [2.05, 4.69) is 16.0 Å². The number of methoxy groups -OCH3 is 1. The molecule has 0 aliphatic heterocycles. The van der Waals surface area contributed by atoms with Crippen LogP contribution in [0.15, 0.2) is 54.6 Å². The summed E-state index contributed by atoms with van der Waals surface area (Å²) in [4.78, 5) is 49.5. The molecule has 0 saturated carbocycles. The summed E-state index contributed by atoms with van der Waals surface area (Å²) in [7, 11) is 1.34. The molecular formula is C26H23Cl2N3O8. The third-order valence-electron chi connectivity index (χ3n) is 5.41. The van der Waals surface area contributed by atoms with Gasteiger partial charge in [-0.15, -0.1) is 0 Å². The van der Waals surface area contributed by atoms with Gasteiger partial charge in [-0.25, -0.2) is 4.79 Å². The molecule has 39 heavy (non-hydrogen) atoms. The van der Waals surface area contributed by atoms with Crippen LogP contribution in [-0.2, 0) is 11.3 Å². The quantitative estimate of drug-likeness (QED) is 0.214. The Morgan fingerprint density at radius 1 is 0.872 bits per heavy atom. The smallest absolute Gasteiger partial charge is 0.328 e. The van der Waals surface area contributed by atoms with Gasteiger partial charge in [-0.1, -0.05) is 35.3 Å². The molecular weight excluding hydrogens is 553 g/mol.